The van der Waals surface area contributed by atoms with Gasteiger partial charge in [0.2, 0.25) is 0 Å². The second-order valence-electron chi connectivity index (χ2n) is 5.20. The summed E-state index contributed by atoms with van der Waals surface area (Å²) in [6.07, 6.45) is 2.27. The van der Waals surface area contributed by atoms with Crippen LogP contribution in [0.2, 0.25) is 0 Å². The lowest BCUT2D eigenvalue weighted by molar-refractivity contribution is 0.900. The molecule has 112 valence electrons. The average Bonchev–Trinajstić information content (AvgIpc) is 2.84. The Bertz CT molecular complexity index is 656. The molecule has 2 rings (SSSR count). The van der Waals surface area contributed by atoms with E-state index >= 15 is 0 Å². The molecule has 21 heavy (non-hydrogen) atoms. The fourth-order valence-corrected chi connectivity index (χ4v) is 3.48. The van der Waals surface area contributed by atoms with Crippen molar-refractivity contribution < 1.29 is 0 Å². The molecule has 0 aliphatic heterocycles. The SMILES string of the molecule is CCCc1cc(-c2scc(/C(C)=N/NC)c2N)ccc1C. The first kappa shape index (κ1) is 15.6. The minimum absolute atomic E-state index is 0.822. The highest BCUT2D eigenvalue weighted by molar-refractivity contribution is 7.14. The van der Waals surface area contributed by atoms with Crippen LogP contribution in [0, 0.1) is 6.92 Å². The van der Waals surface area contributed by atoms with E-state index in [2.05, 4.69) is 48.0 Å². The van der Waals surface area contributed by atoms with Crippen LogP contribution < -0.4 is 11.2 Å². The van der Waals surface area contributed by atoms with Crippen LogP contribution in [-0.2, 0) is 6.42 Å². The number of hydrogen-bond acceptors (Lipinski definition) is 4. The maximum atomic E-state index is 6.33. The Morgan fingerprint density at radius 1 is 1.38 bits per heavy atom. The van der Waals surface area contributed by atoms with Gasteiger partial charge in [0.15, 0.2) is 0 Å². The highest BCUT2D eigenvalue weighted by Gasteiger charge is 2.13. The van der Waals surface area contributed by atoms with Gasteiger partial charge in [-0.2, -0.15) is 5.10 Å². The molecule has 0 saturated carbocycles. The van der Waals surface area contributed by atoms with Crippen LogP contribution in [0.3, 0.4) is 0 Å². The summed E-state index contributed by atoms with van der Waals surface area (Å²) in [5, 5.41) is 6.30. The van der Waals surface area contributed by atoms with Crippen molar-refractivity contribution in [2.75, 3.05) is 12.8 Å². The van der Waals surface area contributed by atoms with Gasteiger partial charge in [-0.15, -0.1) is 11.3 Å². The normalized spacial score (nSPS) is 11.7. The Balaban J connectivity index is 2.44. The molecule has 2 aromatic rings. The fraction of sp³-hybridized carbons (Fsp3) is 0.353. The average molecular weight is 301 g/mol. The van der Waals surface area contributed by atoms with E-state index in [4.69, 9.17) is 5.73 Å². The van der Waals surface area contributed by atoms with E-state index in [1.54, 1.807) is 18.4 Å². The molecule has 3 nitrogen and oxygen atoms in total. The number of aryl methyl sites for hydroxylation is 2. The lowest BCUT2D eigenvalue weighted by Crippen LogP contribution is -2.04. The minimum atomic E-state index is 0.822. The predicted octanol–water partition coefficient (Wildman–Crippen LogP) is 4.20. The topological polar surface area (TPSA) is 50.4 Å². The number of nitrogen functional groups attached to an aromatic ring is 1. The summed E-state index contributed by atoms with van der Waals surface area (Å²) >= 11 is 1.68. The van der Waals surface area contributed by atoms with Crippen molar-refractivity contribution in [3.05, 3.63) is 40.3 Å². The number of anilines is 1. The Labute approximate surface area is 130 Å². The third-order valence-electron chi connectivity index (χ3n) is 3.63. The summed E-state index contributed by atoms with van der Waals surface area (Å²) < 4.78 is 0. The van der Waals surface area contributed by atoms with Crippen LogP contribution in [0.25, 0.3) is 10.4 Å². The smallest absolute Gasteiger partial charge is 0.0673 e. The molecule has 0 aliphatic rings. The van der Waals surface area contributed by atoms with Crippen LogP contribution in [0.4, 0.5) is 5.69 Å². The molecule has 0 amide bonds. The van der Waals surface area contributed by atoms with E-state index < -0.39 is 0 Å². The third-order valence-corrected chi connectivity index (χ3v) is 4.67. The van der Waals surface area contributed by atoms with E-state index in [1.807, 2.05) is 6.92 Å². The van der Waals surface area contributed by atoms with Gasteiger partial charge in [-0.1, -0.05) is 31.5 Å². The molecular weight excluding hydrogens is 278 g/mol. The molecule has 0 radical (unpaired) electrons. The number of nitrogens with one attached hydrogen (secondary N) is 1. The lowest BCUT2D eigenvalue weighted by atomic mass is 9.99. The Morgan fingerprint density at radius 2 is 2.14 bits per heavy atom. The predicted molar refractivity (Wildman–Crippen MR) is 94.2 cm³/mol. The number of hydrogen-bond donors (Lipinski definition) is 2. The lowest BCUT2D eigenvalue weighted by Gasteiger charge is -2.08. The van der Waals surface area contributed by atoms with E-state index in [1.165, 1.54) is 16.7 Å². The van der Waals surface area contributed by atoms with Crippen LogP contribution in [-0.4, -0.2) is 12.8 Å². The largest absolute Gasteiger partial charge is 0.397 e. The first-order valence-corrected chi connectivity index (χ1v) is 8.14. The van der Waals surface area contributed by atoms with Crippen LogP contribution in [0.15, 0.2) is 28.7 Å². The quantitative estimate of drug-likeness (QED) is 0.642. The van der Waals surface area contributed by atoms with Gasteiger partial charge in [0.25, 0.3) is 0 Å². The second kappa shape index (κ2) is 6.76. The molecular formula is C17H23N3S. The van der Waals surface area contributed by atoms with Gasteiger partial charge < -0.3 is 11.2 Å². The van der Waals surface area contributed by atoms with Crippen molar-refractivity contribution in [1.82, 2.24) is 5.43 Å². The molecule has 0 aliphatic carbocycles. The van der Waals surface area contributed by atoms with Crippen LogP contribution >= 0.6 is 11.3 Å². The summed E-state index contributed by atoms with van der Waals surface area (Å²) in [7, 11) is 1.80. The van der Waals surface area contributed by atoms with Crippen molar-refractivity contribution in [3.8, 4) is 10.4 Å². The zero-order chi connectivity index (χ0) is 15.4. The molecule has 0 spiro atoms. The number of nitrogens with zero attached hydrogens (tertiary/aromatic N) is 1. The maximum absolute atomic E-state index is 6.33. The molecule has 1 aromatic heterocycles. The summed E-state index contributed by atoms with van der Waals surface area (Å²) in [4.78, 5) is 1.13. The van der Waals surface area contributed by atoms with Crippen LogP contribution in [0.1, 0.15) is 37.0 Å². The molecule has 0 atom stereocenters. The highest BCUT2D eigenvalue weighted by atomic mass is 32.1. The van der Waals surface area contributed by atoms with Crippen molar-refractivity contribution >= 4 is 22.7 Å². The monoisotopic (exact) mass is 301 g/mol. The fourth-order valence-electron chi connectivity index (χ4n) is 2.45. The molecule has 0 saturated heterocycles. The van der Waals surface area contributed by atoms with Gasteiger partial charge in [-0.25, -0.2) is 0 Å². The minimum Gasteiger partial charge on any atom is -0.397 e. The molecule has 0 unspecified atom stereocenters. The summed E-state index contributed by atoms with van der Waals surface area (Å²) in [5.41, 5.74) is 15.9. The molecule has 3 N–H and O–H groups in total. The van der Waals surface area contributed by atoms with Crippen LogP contribution in [0.5, 0.6) is 0 Å². The van der Waals surface area contributed by atoms with Gasteiger partial charge in [0.1, 0.15) is 0 Å². The zero-order valence-corrected chi connectivity index (χ0v) is 14.0. The summed E-state index contributed by atoms with van der Waals surface area (Å²) in [6.45, 7) is 6.35. The standard InChI is InChI=1S/C17H23N3S/c1-5-6-13-9-14(8-7-11(13)2)17-16(18)15(10-21-17)12(3)20-19-4/h7-10,19H,5-6,18H2,1-4H3/b20-12+. The Morgan fingerprint density at radius 3 is 2.81 bits per heavy atom. The van der Waals surface area contributed by atoms with Crippen molar-refractivity contribution in [2.45, 2.75) is 33.6 Å². The number of nitrogens with two attached hydrogens (primary N) is 1. The van der Waals surface area contributed by atoms with Gasteiger partial charge in [0.05, 0.1) is 16.3 Å². The van der Waals surface area contributed by atoms with Gasteiger partial charge in [0, 0.05) is 18.0 Å². The van der Waals surface area contributed by atoms with Crippen molar-refractivity contribution in [3.63, 3.8) is 0 Å². The van der Waals surface area contributed by atoms with Crippen molar-refractivity contribution in [2.24, 2.45) is 5.10 Å². The first-order chi connectivity index (χ1) is 10.1. The van der Waals surface area contributed by atoms with E-state index in [0.717, 1.165) is 34.7 Å². The van der Waals surface area contributed by atoms with Gasteiger partial charge in [-0.3, -0.25) is 0 Å². The molecule has 0 fully saturated rings. The Hall–Kier alpha value is -1.81. The van der Waals surface area contributed by atoms with E-state index in [-0.39, 0.29) is 0 Å². The second-order valence-corrected chi connectivity index (χ2v) is 6.08. The first-order valence-electron chi connectivity index (χ1n) is 7.26. The number of rotatable bonds is 5. The third kappa shape index (κ3) is 3.27. The van der Waals surface area contributed by atoms with E-state index in [9.17, 15) is 0 Å². The van der Waals surface area contributed by atoms with Gasteiger partial charge >= 0.3 is 0 Å². The maximum Gasteiger partial charge on any atom is 0.0673 e. The summed E-state index contributed by atoms with van der Waals surface area (Å²) in [6, 6.07) is 6.62. The van der Waals surface area contributed by atoms with Gasteiger partial charge in [-0.05, 0) is 37.0 Å². The zero-order valence-electron chi connectivity index (χ0n) is 13.2. The summed E-state index contributed by atoms with van der Waals surface area (Å²) in [5.74, 6) is 0. The van der Waals surface area contributed by atoms with E-state index in [0.29, 0.717) is 0 Å². The molecule has 1 heterocycles. The highest BCUT2D eigenvalue weighted by Crippen LogP contribution is 2.36. The number of thiophene rings is 1. The number of hydrazone groups is 1. The molecule has 1 aromatic carbocycles. The Kier molecular flexibility index (Phi) is 5.02. The van der Waals surface area contributed by atoms with Crippen molar-refractivity contribution in [1.29, 1.82) is 0 Å². The number of benzene rings is 1. The molecule has 0 bridgehead atoms. The molecule has 4 heteroatoms.